The molecule has 0 saturated heterocycles. The molecule has 1 aromatic heterocycles. The number of nitrogens with zero attached hydrogens (tertiary/aromatic N) is 4. The van der Waals surface area contributed by atoms with E-state index in [2.05, 4.69) is 30.1 Å². The lowest BCUT2D eigenvalue weighted by Crippen LogP contribution is -2.39. The van der Waals surface area contributed by atoms with Crippen LogP contribution in [0.15, 0.2) is 33.9 Å². The minimum absolute atomic E-state index is 0.0594. The predicted octanol–water partition coefficient (Wildman–Crippen LogP) is 1.41. The molecule has 1 aromatic carbocycles. The van der Waals surface area contributed by atoms with E-state index in [-0.39, 0.29) is 11.4 Å². The Balaban J connectivity index is 2.35. The molecule has 0 saturated carbocycles. The average molecular weight is 355 g/mol. The Morgan fingerprint density at radius 3 is 2.27 bits per heavy atom. The second kappa shape index (κ2) is 8.50. The Hall–Kier alpha value is -2.85. The summed E-state index contributed by atoms with van der Waals surface area (Å²) in [6.45, 7) is 7.41. The maximum Gasteiger partial charge on any atom is 0.332 e. The number of nitriles is 1. The molecule has 0 unspecified atom stereocenters. The number of anilines is 1. The van der Waals surface area contributed by atoms with Gasteiger partial charge in [-0.25, -0.2) is 4.79 Å². The fraction of sp³-hybridized carbons (Fsp3) is 0.421. The lowest BCUT2D eigenvalue weighted by atomic mass is 10.1. The molecule has 0 bridgehead atoms. The molecule has 26 heavy (non-hydrogen) atoms. The average Bonchev–Trinajstić information content (AvgIpc) is 2.66. The number of hydrogen-bond donors (Lipinski definition) is 1. The normalized spacial score (nSPS) is 10.8. The third-order valence-corrected chi connectivity index (χ3v) is 4.63. The van der Waals surface area contributed by atoms with Gasteiger partial charge in [-0.15, -0.1) is 0 Å². The summed E-state index contributed by atoms with van der Waals surface area (Å²) in [5, 5.41) is 12.5. The molecule has 2 aromatic rings. The highest BCUT2D eigenvalue weighted by Gasteiger charge is 2.15. The van der Waals surface area contributed by atoms with Crippen LogP contribution in [0.4, 0.5) is 5.82 Å². The van der Waals surface area contributed by atoms with Crippen LogP contribution in [0.25, 0.3) is 0 Å². The van der Waals surface area contributed by atoms with Crippen molar-refractivity contribution in [2.45, 2.75) is 26.9 Å². The Bertz CT molecular complexity index is 932. The van der Waals surface area contributed by atoms with Crippen LogP contribution in [0, 0.1) is 11.3 Å². The van der Waals surface area contributed by atoms with Crippen molar-refractivity contribution in [1.29, 1.82) is 5.26 Å². The van der Waals surface area contributed by atoms with Crippen molar-refractivity contribution in [2.24, 2.45) is 14.1 Å². The fourth-order valence-electron chi connectivity index (χ4n) is 2.90. The summed E-state index contributed by atoms with van der Waals surface area (Å²) < 4.78 is 2.24. The zero-order valence-electron chi connectivity index (χ0n) is 15.7. The molecule has 2 rings (SSSR count). The van der Waals surface area contributed by atoms with Gasteiger partial charge in [0.05, 0.1) is 0 Å². The van der Waals surface area contributed by atoms with Gasteiger partial charge in [-0.3, -0.25) is 18.8 Å². The lowest BCUT2D eigenvalue weighted by molar-refractivity contribution is 0.295. The van der Waals surface area contributed by atoms with E-state index in [1.165, 1.54) is 17.2 Å². The van der Waals surface area contributed by atoms with Crippen LogP contribution in [-0.2, 0) is 27.2 Å². The largest absolute Gasteiger partial charge is 0.366 e. The third kappa shape index (κ3) is 3.86. The monoisotopic (exact) mass is 355 g/mol. The predicted molar refractivity (Wildman–Crippen MR) is 102 cm³/mol. The first-order chi connectivity index (χ1) is 12.4. The number of benzene rings is 1. The lowest BCUT2D eigenvalue weighted by Gasteiger charge is -2.21. The molecule has 0 radical (unpaired) electrons. The molecule has 0 fully saturated rings. The zero-order valence-corrected chi connectivity index (χ0v) is 15.7. The zero-order chi connectivity index (χ0) is 19.3. The summed E-state index contributed by atoms with van der Waals surface area (Å²) in [7, 11) is 2.92. The molecule has 138 valence electrons. The summed E-state index contributed by atoms with van der Waals surface area (Å²) in [6.07, 6.45) is 0. The smallest absolute Gasteiger partial charge is 0.332 e. The number of rotatable bonds is 7. The second-order valence-electron chi connectivity index (χ2n) is 6.12. The first-order valence-corrected chi connectivity index (χ1v) is 8.67. The van der Waals surface area contributed by atoms with Crippen LogP contribution in [0.1, 0.15) is 30.5 Å². The maximum absolute atomic E-state index is 12.2. The number of hydrogen-bond acceptors (Lipinski definition) is 5. The molecule has 0 aliphatic heterocycles. The van der Waals surface area contributed by atoms with E-state index >= 15 is 0 Å². The fourth-order valence-corrected chi connectivity index (χ4v) is 2.90. The van der Waals surface area contributed by atoms with E-state index in [0.717, 1.165) is 29.8 Å². The summed E-state index contributed by atoms with van der Waals surface area (Å²) in [6, 6.07) is 9.95. The highest BCUT2D eigenvalue weighted by molar-refractivity contribution is 5.51. The quantitative estimate of drug-likeness (QED) is 0.812. The van der Waals surface area contributed by atoms with Crippen LogP contribution in [-0.4, -0.2) is 27.1 Å². The molecule has 7 nitrogen and oxygen atoms in total. The molecule has 0 amide bonds. The van der Waals surface area contributed by atoms with E-state index in [9.17, 15) is 14.9 Å². The highest BCUT2D eigenvalue weighted by Crippen LogP contribution is 2.15. The molecule has 0 spiro atoms. The van der Waals surface area contributed by atoms with Gasteiger partial charge in [0, 0.05) is 27.2 Å². The molecule has 7 heteroatoms. The molecule has 0 aliphatic rings. The molecule has 1 N–H and O–H groups in total. The van der Waals surface area contributed by atoms with Crippen molar-refractivity contribution < 1.29 is 0 Å². The van der Waals surface area contributed by atoms with E-state index < -0.39 is 11.2 Å². The van der Waals surface area contributed by atoms with Crippen molar-refractivity contribution in [3.63, 3.8) is 0 Å². The minimum atomic E-state index is -0.588. The van der Waals surface area contributed by atoms with Gasteiger partial charge in [-0.05, 0) is 24.2 Å². The molecule has 1 heterocycles. The van der Waals surface area contributed by atoms with E-state index in [1.54, 1.807) is 7.05 Å². The molecular formula is C19H25N5O2. The summed E-state index contributed by atoms with van der Waals surface area (Å²) in [5.41, 5.74) is 1.13. The van der Waals surface area contributed by atoms with E-state index in [4.69, 9.17) is 0 Å². The van der Waals surface area contributed by atoms with Gasteiger partial charge in [-0.2, -0.15) is 5.26 Å². The highest BCUT2D eigenvalue weighted by atomic mass is 16.2. The van der Waals surface area contributed by atoms with Crippen LogP contribution in [0.5, 0.6) is 0 Å². The molecule has 0 atom stereocenters. The summed E-state index contributed by atoms with van der Waals surface area (Å²) in [4.78, 5) is 26.6. The standard InChI is InChI=1S/C19H25N5O2/c1-5-24(6-2)13-15-10-8-7-9-14(15)12-21-17-16(11-20)18(25)23(4)19(26)22(17)3/h7-10,21H,5-6,12-13H2,1-4H3. The molecular weight excluding hydrogens is 330 g/mol. The first-order valence-electron chi connectivity index (χ1n) is 8.67. The van der Waals surface area contributed by atoms with Gasteiger partial charge in [0.2, 0.25) is 0 Å². The van der Waals surface area contributed by atoms with Crippen molar-refractivity contribution in [3.05, 3.63) is 61.8 Å². The van der Waals surface area contributed by atoms with Gasteiger partial charge >= 0.3 is 5.69 Å². The van der Waals surface area contributed by atoms with Gasteiger partial charge in [0.15, 0.2) is 5.56 Å². The minimum Gasteiger partial charge on any atom is -0.366 e. The molecule has 0 aliphatic carbocycles. The Labute approximate surface area is 153 Å². The van der Waals surface area contributed by atoms with Crippen molar-refractivity contribution in [2.75, 3.05) is 18.4 Å². The van der Waals surface area contributed by atoms with Crippen molar-refractivity contribution in [3.8, 4) is 6.07 Å². The first kappa shape index (κ1) is 19.5. The van der Waals surface area contributed by atoms with Crippen LogP contribution < -0.4 is 16.6 Å². The maximum atomic E-state index is 12.2. The van der Waals surface area contributed by atoms with Gasteiger partial charge in [0.1, 0.15) is 11.9 Å². The van der Waals surface area contributed by atoms with Crippen molar-refractivity contribution in [1.82, 2.24) is 14.0 Å². The third-order valence-electron chi connectivity index (χ3n) is 4.63. The van der Waals surface area contributed by atoms with E-state index in [0.29, 0.717) is 6.54 Å². The Morgan fingerprint density at radius 2 is 1.69 bits per heavy atom. The van der Waals surface area contributed by atoms with Gasteiger partial charge in [-0.1, -0.05) is 38.1 Å². The topological polar surface area (TPSA) is 83.1 Å². The SMILES string of the molecule is CCN(CC)Cc1ccccc1CNc1c(C#N)c(=O)n(C)c(=O)n1C. The second-order valence-corrected chi connectivity index (χ2v) is 6.12. The Morgan fingerprint density at radius 1 is 1.08 bits per heavy atom. The number of nitrogens with one attached hydrogen (secondary N) is 1. The Kier molecular flexibility index (Phi) is 6.36. The van der Waals surface area contributed by atoms with Crippen LogP contribution >= 0.6 is 0 Å². The van der Waals surface area contributed by atoms with Crippen molar-refractivity contribution >= 4 is 5.82 Å². The summed E-state index contributed by atoms with van der Waals surface area (Å²) >= 11 is 0. The number of aromatic nitrogens is 2. The summed E-state index contributed by atoms with van der Waals surface area (Å²) in [5.74, 6) is 0.248. The van der Waals surface area contributed by atoms with Gasteiger partial charge in [0.25, 0.3) is 5.56 Å². The van der Waals surface area contributed by atoms with E-state index in [1.807, 2.05) is 24.3 Å². The van der Waals surface area contributed by atoms with Gasteiger partial charge < -0.3 is 5.32 Å². The van der Waals surface area contributed by atoms with Crippen LogP contribution in [0.2, 0.25) is 0 Å². The van der Waals surface area contributed by atoms with Crippen LogP contribution in [0.3, 0.4) is 0 Å².